The molecule has 4 N–H and O–H groups in total. The van der Waals surface area contributed by atoms with E-state index in [-0.39, 0.29) is 5.91 Å². The largest absolute Gasteiger partial charge is 0.369 e. The van der Waals surface area contributed by atoms with Crippen molar-refractivity contribution in [2.75, 3.05) is 19.6 Å². The van der Waals surface area contributed by atoms with Crippen LogP contribution in [0.3, 0.4) is 0 Å². The number of nitrogens with two attached hydrogens (primary N) is 2. The average molecular weight is 263 g/mol. The number of hydrogen-bond donors (Lipinski definition) is 2. The molecule has 5 heteroatoms. The van der Waals surface area contributed by atoms with Gasteiger partial charge in [0, 0.05) is 5.57 Å². The summed E-state index contributed by atoms with van der Waals surface area (Å²) in [5, 5.41) is 0. The summed E-state index contributed by atoms with van der Waals surface area (Å²) in [4.78, 5) is 25.2. The number of amides is 2. The van der Waals surface area contributed by atoms with Crippen molar-refractivity contribution >= 4 is 11.8 Å². The van der Waals surface area contributed by atoms with Crippen LogP contribution in [0.1, 0.15) is 25.7 Å². The number of nitrogens with zero attached hydrogens (tertiary/aromatic N) is 1. The Bertz CT molecular complexity index is 436. The molecule has 104 valence electrons. The van der Waals surface area contributed by atoms with E-state index in [0.717, 1.165) is 19.6 Å². The summed E-state index contributed by atoms with van der Waals surface area (Å²) < 4.78 is 0. The van der Waals surface area contributed by atoms with E-state index >= 15 is 0 Å². The zero-order valence-corrected chi connectivity index (χ0v) is 11.1. The SMILES string of the molecule is NC(=O)C1=CCC(CCN2CCCC2)(C(N)=O)C=C1. The van der Waals surface area contributed by atoms with Gasteiger partial charge >= 0.3 is 0 Å². The molecule has 1 heterocycles. The molecule has 2 aliphatic rings. The van der Waals surface area contributed by atoms with E-state index < -0.39 is 11.3 Å². The summed E-state index contributed by atoms with van der Waals surface area (Å²) in [6.45, 7) is 3.06. The first-order valence-corrected chi connectivity index (χ1v) is 6.75. The lowest BCUT2D eigenvalue weighted by Crippen LogP contribution is -2.39. The summed E-state index contributed by atoms with van der Waals surface area (Å²) >= 11 is 0. The fourth-order valence-corrected chi connectivity index (χ4v) is 2.72. The lowest BCUT2D eigenvalue weighted by atomic mass is 9.76. The Morgan fingerprint density at radius 1 is 1.26 bits per heavy atom. The van der Waals surface area contributed by atoms with Crippen LogP contribution < -0.4 is 11.5 Å². The van der Waals surface area contributed by atoms with Gasteiger partial charge in [-0.25, -0.2) is 0 Å². The summed E-state index contributed by atoms with van der Waals surface area (Å²) in [5.41, 5.74) is 10.6. The van der Waals surface area contributed by atoms with Crippen molar-refractivity contribution < 1.29 is 9.59 Å². The first kappa shape index (κ1) is 13.8. The maximum Gasteiger partial charge on any atom is 0.248 e. The molecule has 1 aliphatic heterocycles. The number of primary amides is 2. The molecule has 0 saturated carbocycles. The van der Waals surface area contributed by atoms with Gasteiger partial charge in [0.2, 0.25) is 11.8 Å². The van der Waals surface area contributed by atoms with E-state index in [1.54, 1.807) is 18.2 Å². The summed E-state index contributed by atoms with van der Waals surface area (Å²) in [7, 11) is 0. The van der Waals surface area contributed by atoms with Crippen molar-refractivity contribution in [3.63, 3.8) is 0 Å². The third-order valence-electron chi connectivity index (χ3n) is 4.12. The monoisotopic (exact) mass is 263 g/mol. The molecule has 1 fully saturated rings. The van der Waals surface area contributed by atoms with Gasteiger partial charge in [-0.1, -0.05) is 18.2 Å². The molecule has 0 aromatic heterocycles. The fraction of sp³-hybridized carbons (Fsp3) is 0.571. The Morgan fingerprint density at radius 3 is 2.42 bits per heavy atom. The summed E-state index contributed by atoms with van der Waals surface area (Å²) in [6, 6.07) is 0. The second kappa shape index (κ2) is 5.57. The van der Waals surface area contributed by atoms with E-state index in [1.807, 2.05) is 0 Å². The smallest absolute Gasteiger partial charge is 0.248 e. The maximum atomic E-state index is 11.8. The molecule has 1 aliphatic carbocycles. The number of hydrogen-bond acceptors (Lipinski definition) is 3. The second-order valence-electron chi connectivity index (χ2n) is 5.38. The van der Waals surface area contributed by atoms with Crippen LogP contribution in [0.15, 0.2) is 23.8 Å². The second-order valence-corrected chi connectivity index (χ2v) is 5.38. The number of carbonyl (C=O) groups excluding carboxylic acids is 2. The lowest BCUT2D eigenvalue weighted by Gasteiger charge is -2.30. The minimum absolute atomic E-state index is 0.331. The quantitative estimate of drug-likeness (QED) is 0.748. The Kier molecular flexibility index (Phi) is 4.04. The Labute approximate surface area is 113 Å². The standard InChI is InChI=1S/C14H21N3O2/c15-12(18)11-3-5-14(6-4-11,13(16)19)7-10-17-8-1-2-9-17/h3-5H,1-2,6-10H2,(H2,15,18)(H2,16,19). The predicted molar refractivity (Wildman–Crippen MR) is 73.0 cm³/mol. The van der Waals surface area contributed by atoms with Gasteiger partial charge in [0.1, 0.15) is 0 Å². The van der Waals surface area contributed by atoms with Gasteiger partial charge in [-0.2, -0.15) is 0 Å². The molecule has 1 saturated heterocycles. The van der Waals surface area contributed by atoms with Crippen LogP contribution in [0, 0.1) is 5.41 Å². The normalized spacial score (nSPS) is 27.3. The molecule has 5 nitrogen and oxygen atoms in total. The van der Waals surface area contributed by atoms with Crippen LogP contribution in [-0.4, -0.2) is 36.3 Å². The molecule has 1 atom stereocenters. The number of likely N-dealkylation sites (tertiary alicyclic amines) is 1. The van der Waals surface area contributed by atoms with Crippen molar-refractivity contribution in [2.24, 2.45) is 16.9 Å². The lowest BCUT2D eigenvalue weighted by molar-refractivity contribution is -0.125. The average Bonchev–Trinajstić information content (AvgIpc) is 2.89. The molecule has 2 amide bonds. The number of rotatable bonds is 5. The highest BCUT2D eigenvalue weighted by molar-refractivity contribution is 5.96. The van der Waals surface area contributed by atoms with Crippen molar-refractivity contribution in [1.29, 1.82) is 0 Å². The van der Waals surface area contributed by atoms with Gasteiger partial charge < -0.3 is 16.4 Å². The highest BCUT2D eigenvalue weighted by Crippen LogP contribution is 2.33. The van der Waals surface area contributed by atoms with Gasteiger partial charge in [0.15, 0.2) is 0 Å². The molecular weight excluding hydrogens is 242 g/mol. The van der Waals surface area contributed by atoms with Crippen molar-refractivity contribution in [1.82, 2.24) is 4.90 Å². The minimum atomic E-state index is -0.665. The van der Waals surface area contributed by atoms with E-state index in [4.69, 9.17) is 11.5 Å². The fourth-order valence-electron chi connectivity index (χ4n) is 2.72. The van der Waals surface area contributed by atoms with Crippen LogP contribution in [0.2, 0.25) is 0 Å². The molecule has 0 aromatic carbocycles. The maximum absolute atomic E-state index is 11.8. The zero-order valence-electron chi connectivity index (χ0n) is 11.1. The van der Waals surface area contributed by atoms with E-state index in [2.05, 4.69) is 4.90 Å². The first-order valence-electron chi connectivity index (χ1n) is 6.75. The summed E-state index contributed by atoms with van der Waals surface area (Å²) in [5.74, 6) is -0.795. The van der Waals surface area contributed by atoms with Gasteiger partial charge in [0.05, 0.1) is 5.41 Å². The van der Waals surface area contributed by atoms with Crippen LogP contribution in [0.4, 0.5) is 0 Å². The van der Waals surface area contributed by atoms with Crippen molar-refractivity contribution in [3.8, 4) is 0 Å². The number of carbonyl (C=O) groups is 2. The van der Waals surface area contributed by atoms with Gasteiger partial charge in [-0.15, -0.1) is 0 Å². The van der Waals surface area contributed by atoms with Crippen LogP contribution in [-0.2, 0) is 9.59 Å². The van der Waals surface area contributed by atoms with Crippen molar-refractivity contribution in [2.45, 2.75) is 25.7 Å². The first-order chi connectivity index (χ1) is 9.03. The Morgan fingerprint density at radius 2 is 1.95 bits per heavy atom. The highest BCUT2D eigenvalue weighted by atomic mass is 16.1. The van der Waals surface area contributed by atoms with Crippen LogP contribution in [0.25, 0.3) is 0 Å². The van der Waals surface area contributed by atoms with E-state index in [1.165, 1.54) is 12.8 Å². The third-order valence-corrected chi connectivity index (χ3v) is 4.12. The molecule has 1 unspecified atom stereocenters. The predicted octanol–water partition coefficient (Wildman–Crippen LogP) is 0.316. The van der Waals surface area contributed by atoms with Gasteiger partial charge in [-0.3, -0.25) is 9.59 Å². The molecular formula is C14H21N3O2. The Balaban J connectivity index is 2.02. The molecule has 19 heavy (non-hydrogen) atoms. The summed E-state index contributed by atoms with van der Waals surface area (Å²) in [6.07, 6.45) is 8.71. The highest BCUT2D eigenvalue weighted by Gasteiger charge is 2.35. The van der Waals surface area contributed by atoms with E-state index in [0.29, 0.717) is 18.4 Å². The van der Waals surface area contributed by atoms with Gasteiger partial charge in [-0.05, 0) is 45.3 Å². The molecule has 0 aromatic rings. The topological polar surface area (TPSA) is 89.4 Å². The minimum Gasteiger partial charge on any atom is -0.369 e. The molecule has 0 radical (unpaired) electrons. The van der Waals surface area contributed by atoms with Crippen LogP contribution >= 0.6 is 0 Å². The Hall–Kier alpha value is -1.62. The van der Waals surface area contributed by atoms with Crippen LogP contribution in [0.5, 0.6) is 0 Å². The molecule has 0 spiro atoms. The van der Waals surface area contributed by atoms with Gasteiger partial charge in [0.25, 0.3) is 0 Å². The zero-order chi connectivity index (χ0) is 13.9. The molecule has 2 rings (SSSR count). The third kappa shape index (κ3) is 3.04. The van der Waals surface area contributed by atoms with E-state index in [9.17, 15) is 9.59 Å². The van der Waals surface area contributed by atoms with Crippen molar-refractivity contribution in [3.05, 3.63) is 23.8 Å². The molecule has 0 bridgehead atoms. The number of allylic oxidation sites excluding steroid dienone is 1.